The fourth-order valence-electron chi connectivity index (χ4n) is 2.91. The Morgan fingerprint density at radius 3 is 2.52 bits per heavy atom. The first-order valence-corrected chi connectivity index (χ1v) is 8.83. The van der Waals surface area contributed by atoms with Gasteiger partial charge in [0.15, 0.2) is 0 Å². The van der Waals surface area contributed by atoms with E-state index < -0.39 is 16.1 Å². The Hall–Kier alpha value is -2.05. The van der Waals surface area contributed by atoms with Gasteiger partial charge in [-0.2, -0.15) is 0 Å². The van der Waals surface area contributed by atoms with Gasteiger partial charge >= 0.3 is 0 Å². The van der Waals surface area contributed by atoms with Crippen LogP contribution in [0.25, 0.3) is 0 Å². The highest BCUT2D eigenvalue weighted by Crippen LogP contribution is 2.39. The van der Waals surface area contributed by atoms with E-state index in [0.717, 1.165) is 5.56 Å². The zero-order valence-corrected chi connectivity index (χ0v) is 13.9. The molecule has 3 rings (SSSR count). The van der Waals surface area contributed by atoms with E-state index in [1.54, 1.807) is 18.2 Å². The largest absolute Gasteiger partial charge is 0.497 e. The summed E-state index contributed by atoms with van der Waals surface area (Å²) in [5, 5.41) is 10.2. The first-order chi connectivity index (χ1) is 10.9. The van der Waals surface area contributed by atoms with Gasteiger partial charge in [0.2, 0.25) is 0 Å². The average molecular weight is 333 g/mol. The summed E-state index contributed by atoms with van der Waals surface area (Å²) in [6, 6.07) is 11.8. The third-order valence-corrected chi connectivity index (χ3v) is 5.94. The minimum Gasteiger partial charge on any atom is -0.497 e. The number of para-hydroxylation sites is 1. The molecule has 0 aliphatic carbocycles. The maximum absolute atomic E-state index is 13.0. The number of aliphatic hydroxyl groups excluding tert-OH is 1. The van der Waals surface area contributed by atoms with Gasteiger partial charge < -0.3 is 9.84 Å². The summed E-state index contributed by atoms with van der Waals surface area (Å²) in [4.78, 5) is 0.212. The number of sulfonamides is 1. The first kappa shape index (κ1) is 15.8. The molecule has 0 amide bonds. The van der Waals surface area contributed by atoms with Gasteiger partial charge in [-0.05, 0) is 43.2 Å². The molecule has 0 fully saturated rings. The molecule has 5 nitrogen and oxygen atoms in total. The Morgan fingerprint density at radius 1 is 1.17 bits per heavy atom. The summed E-state index contributed by atoms with van der Waals surface area (Å²) in [5.41, 5.74) is 2.08. The Bertz CT molecular complexity index is 815. The lowest BCUT2D eigenvalue weighted by Crippen LogP contribution is -2.37. The predicted octanol–water partition coefficient (Wildman–Crippen LogP) is 2.64. The van der Waals surface area contributed by atoms with Crippen LogP contribution in [0.3, 0.4) is 0 Å². The van der Waals surface area contributed by atoms with E-state index in [4.69, 9.17) is 4.74 Å². The number of rotatable bonds is 3. The molecule has 1 aliphatic heterocycles. The third-order valence-electron chi connectivity index (χ3n) is 4.13. The zero-order valence-electron chi connectivity index (χ0n) is 13.1. The lowest BCUT2D eigenvalue weighted by molar-refractivity contribution is 0.166. The van der Waals surface area contributed by atoms with Crippen LogP contribution in [0.2, 0.25) is 0 Å². The molecule has 2 aromatic carbocycles. The molecule has 0 saturated carbocycles. The fraction of sp³-hybridized carbons (Fsp3) is 0.294. The number of anilines is 1. The minimum absolute atomic E-state index is 0.212. The van der Waals surface area contributed by atoms with Crippen molar-refractivity contribution in [3.8, 4) is 5.75 Å². The molecule has 1 unspecified atom stereocenters. The Kier molecular flexibility index (Phi) is 4.04. The summed E-state index contributed by atoms with van der Waals surface area (Å²) in [5.74, 6) is 0.606. The zero-order chi connectivity index (χ0) is 16.6. The molecule has 0 spiro atoms. The number of benzene rings is 2. The van der Waals surface area contributed by atoms with Gasteiger partial charge in [-0.25, -0.2) is 8.42 Å². The van der Waals surface area contributed by atoms with E-state index >= 15 is 0 Å². The lowest BCUT2D eigenvalue weighted by Gasteiger charge is -2.34. The number of aliphatic hydroxyl groups is 1. The van der Waals surface area contributed by atoms with Crippen molar-refractivity contribution in [3.05, 3.63) is 53.6 Å². The number of hydrogen-bond acceptors (Lipinski definition) is 4. The summed E-state index contributed by atoms with van der Waals surface area (Å²) < 4.78 is 32.5. The molecule has 122 valence electrons. The molecule has 1 aliphatic rings. The molecule has 0 aromatic heterocycles. The van der Waals surface area contributed by atoms with Gasteiger partial charge in [0.1, 0.15) is 5.75 Å². The second-order valence-corrected chi connectivity index (χ2v) is 7.43. The monoisotopic (exact) mass is 333 g/mol. The average Bonchev–Trinajstić information content (AvgIpc) is 2.56. The summed E-state index contributed by atoms with van der Waals surface area (Å²) in [6.45, 7) is 2.11. The molecule has 1 heterocycles. The summed E-state index contributed by atoms with van der Waals surface area (Å²) in [6.07, 6.45) is -0.251. The highest BCUT2D eigenvalue weighted by atomic mass is 32.2. The summed E-state index contributed by atoms with van der Waals surface area (Å²) >= 11 is 0. The van der Waals surface area contributed by atoms with Crippen LogP contribution in [0.5, 0.6) is 5.75 Å². The lowest BCUT2D eigenvalue weighted by atomic mass is 9.98. The van der Waals surface area contributed by atoms with Crippen molar-refractivity contribution >= 4 is 15.7 Å². The maximum Gasteiger partial charge on any atom is 0.264 e. The van der Waals surface area contributed by atoms with Crippen molar-refractivity contribution in [2.24, 2.45) is 0 Å². The molecule has 2 aromatic rings. The van der Waals surface area contributed by atoms with Gasteiger partial charge in [-0.3, -0.25) is 4.31 Å². The highest BCUT2D eigenvalue weighted by molar-refractivity contribution is 7.92. The van der Waals surface area contributed by atoms with Crippen LogP contribution in [0, 0.1) is 6.92 Å². The Labute approximate surface area is 136 Å². The van der Waals surface area contributed by atoms with Crippen molar-refractivity contribution in [3.63, 3.8) is 0 Å². The number of fused-ring (bicyclic) bond motifs is 1. The molecule has 0 radical (unpaired) electrons. The second-order valence-electron chi connectivity index (χ2n) is 5.57. The number of aryl methyl sites for hydroxylation is 1. The van der Waals surface area contributed by atoms with Crippen molar-refractivity contribution in [2.75, 3.05) is 18.0 Å². The number of methoxy groups -OCH3 is 1. The number of hydrogen-bond donors (Lipinski definition) is 1. The normalized spacial score (nSPS) is 17.7. The van der Waals surface area contributed by atoms with Crippen LogP contribution in [0.1, 0.15) is 23.7 Å². The number of nitrogens with zero attached hydrogens (tertiary/aromatic N) is 1. The second kappa shape index (κ2) is 5.86. The molecule has 1 atom stereocenters. The standard InChI is InChI=1S/C17H19NO4S/c1-12-4-3-5-15-16(19)10-11-18(17(12)15)23(20,21)14-8-6-13(22-2)7-9-14/h3-9,16,19H,10-11H2,1-2H3. The Morgan fingerprint density at radius 2 is 1.87 bits per heavy atom. The van der Waals surface area contributed by atoms with E-state index in [1.165, 1.54) is 23.5 Å². The Balaban J connectivity index is 2.09. The van der Waals surface area contributed by atoms with E-state index in [0.29, 0.717) is 23.4 Å². The van der Waals surface area contributed by atoms with Crippen LogP contribution < -0.4 is 9.04 Å². The van der Waals surface area contributed by atoms with Crippen LogP contribution >= 0.6 is 0 Å². The van der Waals surface area contributed by atoms with E-state index in [-0.39, 0.29) is 11.4 Å². The topological polar surface area (TPSA) is 66.8 Å². The maximum atomic E-state index is 13.0. The molecule has 23 heavy (non-hydrogen) atoms. The van der Waals surface area contributed by atoms with Gasteiger partial charge in [-0.15, -0.1) is 0 Å². The first-order valence-electron chi connectivity index (χ1n) is 7.39. The van der Waals surface area contributed by atoms with Gasteiger partial charge in [-0.1, -0.05) is 18.2 Å². The van der Waals surface area contributed by atoms with Gasteiger partial charge in [0.05, 0.1) is 23.8 Å². The quantitative estimate of drug-likeness (QED) is 0.938. The van der Waals surface area contributed by atoms with Crippen molar-refractivity contribution in [2.45, 2.75) is 24.3 Å². The molecular weight excluding hydrogens is 314 g/mol. The van der Waals surface area contributed by atoms with Crippen molar-refractivity contribution in [1.82, 2.24) is 0 Å². The molecule has 1 N–H and O–H groups in total. The van der Waals surface area contributed by atoms with Crippen LogP contribution in [-0.4, -0.2) is 27.2 Å². The molecular formula is C17H19NO4S. The number of ether oxygens (including phenoxy) is 1. The molecule has 0 bridgehead atoms. The molecule has 6 heteroatoms. The van der Waals surface area contributed by atoms with Gasteiger partial charge in [0.25, 0.3) is 10.0 Å². The molecule has 0 saturated heterocycles. The minimum atomic E-state index is -3.68. The fourth-order valence-corrected chi connectivity index (χ4v) is 4.48. The predicted molar refractivity (Wildman–Crippen MR) is 88.3 cm³/mol. The third kappa shape index (κ3) is 2.68. The van der Waals surface area contributed by atoms with E-state index in [1.807, 2.05) is 19.1 Å². The van der Waals surface area contributed by atoms with Crippen molar-refractivity contribution in [1.29, 1.82) is 0 Å². The van der Waals surface area contributed by atoms with Gasteiger partial charge in [0, 0.05) is 12.1 Å². The van der Waals surface area contributed by atoms with Crippen LogP contribution in [0.15, 0.2) is 47.4 Å². The van der Waals surface area contributed by atoms with E-state index in [2.05, 4.69) is 0 Å². The van der Waals surface area contributed by atoms with Crippen LogP contribution in [0.4, 0.5) is 5.69 Å². The van der Waals surface area contributed by atoms with E-state index in [9.17, 15) is 13.5 Å². The van der Waals surface area contributed by atoms with Crippen LogP contribution in [-0.2, 0) is 10.0 Å². The SMILES string of the molecule is COc1ccc(S(=O)(=O)N2CCC(O)c3cccc(C)c32)cc1. The highest BCUT2D eigenvalue weighted by Gasteiger charge is 2.33. The summed E-state index contributed by atoms with van der Waals surface area (Å²) in [7, 11) is -2.14. The van der Waals surface area contributed by atoms with Crippen molar-refractivity contribution < 1.29 is 18.3 Å². The smallest absolute Gasteiger partial charge is 0.264 e.